The average molecular weight is 310 g/mol. The summed E-state index contributed by atoms with van der Waals surface area (Å²) in [6.07, 6.45) is 8.05. The van der Waals surface area contributed by atoms with E-state index in [-0.39, 0.29) is 5.91 Å². The molecule has 1 aliphatic rings. The number of H-pyrrole nitrogens is 1. The zero-order chi connectivity index (χ0) is 16.1. The molecule has 0 bridgehead atoms. The molecule has 0 saturated heterocycles. The van der Waals surface area contributed by atoms with Crippen LogP contribution in [0.25, 0.3) is 6.08 Å². The Morgan fingerprint density at radius 1 is 1.39 bits per heavy atom. The summed E-state index contributed by atoms with van der Waals surface area (Å²) in [5, 5.41) is 10.9. The van der Waals surface area contributed by atoms with Gasteiger partial charge in [-0.15, -0.1) is 0 Å². The van der Waals surface area contributed by atoms with E-state index in [4.69, 9.17) is 4.74 Å². The van der Waals surface area contributed by atoms with Crippen molar-refractivity contribution in [3.05, 3.63) is 52.9 Å². The highest BCUT2D eigenvalue weighted by Crippen LogP contribution is 2.22. The second-order valence-electron chi connectivity index (χ2n) is 5.20. The van der Waals surface area contributed by atoms with E-state index in [0.29, 0.717) is 5.69 Å². The van der Waals surface area contributed by atoms with Crippen LogP contribution in [0.15, 0.2) is 35.4 Å². The van der Waals surface area contributed by atoms with E-state index in [1.54, 1.807) is 13.2 Å². The third-order valence-electron chi connectivity index (χ3n) is 3.76. The third-order valence-corrected chi connectivity index (χ3v) is 3.76. The van der Waals surface area contributed by atoms with E-state index in [1.165, 1.54) is 6.21 Å². The second-order valence-corrected chi connectivity index (χ2v) is 5.20. The first kappa shape index (κ1) is 15.0. The molecular formula is C17H18N4O2. The van der Waals surface area contributed by atoms with Crippen molar-refractivity contribution in [2.24, 2.45) is 5.10 Å². The Morgan fingerprint density at radius 3 is 3.13 bits per heavy atom. The number of hydrazone groups is 1. The summed E-state index contributed by atoms with van der Waals surface area (Å²) in [6, 6.07) is 7.66. The lowest BCUT2D eigenvalue weighted by molar-refractivity contribution is 0.0949. The first-order chi connectivity index (χ1) is 11.3. The number of allylic oxidation sites excluding steroid dienone is 1. The number of hydrogen-bond donors (Lipinski definition) is 2. The van der Waals surface area contributed by atoms with Crippen LogP contribution in [0.5, 0.6) is 5.75 Å². The van der Waals surface area contributed by atoms with Gasteiger partial charge in [0, 0.05) is 23.0 Å². The van der Waals surface area contributed by atoms with Crippen LogP contribution < -0.4 is 10.2 Å². The molecule has 0 unspecified atom stereocenters. The van der Waals surface area contributed by atoms with Crippen molar-refractivity contribution in [2.75, 3.05) is 7.11 Å². The van der Waals surface area contributed by atoms with Crippen molar-refractivity contribution in [1.29, 1.82) is 0 Å². The minimum absolute atomic E-state index is 0.286. The Hall–Kier alpha value is -2.89. The van der Waals surface area contributed by atoms with E-state index >= 15 is 0 Å². The number of benzene rings is 1. The number of hydrogen-bond acceptors (Lipinski definition) is 4. The van der Waals surface area contributed by atoms with E-state index in [1.807, 2.05) is 30.3 Å². The Bertz CT molecular complexity index is 762. The number of aromatic amines is 1. The maximum atomic E-state index is 12.0. The first-order valence-corrected chi connectivity index (χ1v) is 7.49. The maximum Gasteiger partial charge on any atom is 0.292 e. The standard InChI is InChI=1S/C17H18N4O2/c1-23-15-10-3-2-6-12(15)7-5-11-18-21-17(22)16-13-8-4-9-14(13)19-20-16/h2-3,5-7,10-11H,4,8-9H2,1H3,(H,19,20)(H,21,22)/b7-5+,18-11-. The molecule has 0 atom stereocenters. The molecule has 0 aliphatic heterocycles. The molecule has 0 spiro atoms. The zero-order valence-electron chi connectivity index (χ0n) is 12.9. The van der Waals surface area contributed by atoms with Gasteiger partial charge >= 0.3 is 0 Å². The van der Waals surface area contributed by atoms with Crippen LogP contribution in [-0.4, -0.2) is 29.4 Å². The van der Waals surface area contributed by atoms with Gasteiger partial charge in [-0.2, -0.15) is 10.2 Å². The molecule has 2 aromatic rings. The number of aromatic nitrogens is 2. The molecule has 0 fully saturated rings. The summed E-state index contributed by atoms with van der Waals surface area (Å²) in [7, 11) is 1.63. The van der Waals surface area contributed by atoms with Crippen LogP contribution in [-0.2, 0) is 12.8 Å². The summed E-state index contributed by atoms with van der Waals surface area (Å²) < 4.78 is 5.25. The predicted molar refractivity (Wildman–Crippen MR) is 88.6 cm³/mol. The quantitative estimate of drug-likeness (QED) is 0.657. The van der Waals surface area contributed by atoms with Gasteiger partial charge in [-0.05, 0) is 37.5 Å². The molecule has 0 saturated carbocycles. The van der Waals surface area contributed by atoms with Crippen molar-refractivity contribution in [3.63, 3.8) is 0 Å². The summed E-state index contributed by atoms with van der Waals surface area (Å²) in [5.74, 6) is 0.500. The summed E-state index contributed by atoms with van der Waals surface area (Å²) >= 11 is 0. The molecule has 1 amide bonds. The van der Waals surface area contributed by atoms with Crippen LogP contribution in [0.1, 0.15) is 33.7 Å². The second kappa shape index (κ2) is 6.91. The first-order valence-electron chi connectivity index (χ1n) is 7.49. The Kier molecular flexibility index (Phi) is 4.52. The molecule has 1 heterocycles. The number of nitrogens with one attached hydrogen (secondary N) is 2. The molecule has 3 rings (SSSR count). The number of rotatable bonds is 5. The highest BCUT2D eigenvalue weighted by atomic mass is 16.5. The lowest BCUT2D eigenvalue weighted by atomic mass is 10.2. The third kappa shape index (κ3) is 3.31. The summed E-state index contributed by atoms with van der Waals surface area (Å²) in [4.78, 5) is 12.0. The number of methoxy groups -OCH3 is 1. The van der Waals surface area contributed by atoms with Gasteiger partial charge in [0.15, 0.2) is 5.69 Å². The Labute approximate surface area is 134 Å². The topological polar surface area (TPSA) is 79.4 Å². The average Bonchev–Trinajstić information content (AvgIpc) is 3.18. The summed E-state index contributed by atoms with van der Waals surface area (Å²) in [5.41, 5.74) is 5.97. The lowest BCUT2D eigenvalue weighted by Gasteiger charge is -2.02. The molecule has 1 aromatic heterocycles. The van der Waals surface area contributed by atoms with Crippen molar-refractivity contribution in [2.45, 2.75) is 19.3 Å². The van der Waals surface area contributed by atoms with Crippen LogP contribution in [0.3, 0.4) is 0 Å². The van der Waals surface area contributed by atoms with E-state index in [9.17, 15) is 4.79 Å². The zero-order valence-corrected chi connectivity index (χ0v) is 12.9. The minimum Gasteiger partial charge on any atom is -0.496 e. The predicted octanol–water partition coefficient (Wildman–Crippen LogP) is 2.34. The van der Waals surface area contributed by atoms with Crippen molar-refractivity contribution < 1.29 is 9.53 Å². The molecule has 1 aliphatic carbocycles. The highest BCUT2D eigenvalue weighted by Gasteiger charge is 2.22. The molecule has 23 heavy (non-hydrogen) atoms. The number of ether oxygens (including phenoxy) is 1. The fraction of sp³-hybridized carbons (Fsp3) is 0.235. The van der Waals surface area contributed by atoms with Crippen LogP contribution >= 0.6 is 0 Å². The monoisotopic (exact) mass is 310 g/mol. The molecule has 0 radical (unpaired) electrons. The smallest absolute Gasteiger partial charge is 0.292 e. The minimum atomic E-state index is -0.286. The number of carbonyl (C=O) groups is 1. The SMILES string of the molecule is COc1ccccc1/C=C/C=N\NC(=O)c1n[nH]c2c1CCC2. The largest absolute Gasteiger partial charge is 0.496 e. The van der Waals surface area contributed by atoms with E-state index in [0.717, 1.165) is 41.8 Å². The van der Waals surface area contributed by atoms with Gasteiger partial charge in [-0.25, -0.2) is 5.43 Å². The Balaban J connectivity index is 1.58. The fourth-order valence-corrected chi connectivity index (χ4v) is 2.65. The van der Waals surface area contributed by atoms with Gasteiger partial charge in [0.05, 0.1) is 7.11 Å². The molecule has 2 N–H and O–H groups in total. The number of aryl methyl sites for hydroxylation is 1. The fourth-order valence-electron chi connectivity index (χ4n) is 2.65. The molecule has 1 aromatic carbocycles. The molecule has 6 heteroatoms. The van der Waals surface area contributed by atoms with Crippen molar-refractivity contribution in [3.8, 4) is 5.75 Å². The number of para-hydroxylation sites is 1. The van der Waals surface area contributed by atoms with Crippen LogP contribution in [0, 0.1) is 0 Å². The number of amides is 1. The number of nitrogens with zero attached hydrogens (tertiary/aromatic N) is 2. The lowest BCUT2D eigenvalue weighted by Crippen LogP contribution is -2.19. The van der Waals surface area contributed by atoms with Crippen molar-refractivity contribution >= 4 is 18.2 Å². The van der Waals surface area contributed by atoms with Gasteiger partial charge in [-0.1, -0.05) is 18.2 Å². The van der Waals surface area contributed by atoms with E-state index in [2.05, 4.69) is 20.7 Å². The summed E-state index contributed by atoms with van der Waals surface area (Å²) in [6.45, 7) is 0. The van der Waals surface area contributed by atoms with E-state index < -0.39 is 0 Å². The molecule has 118 valence electrons. The van der Waals surface area contributed by atoms with Gasteiger partial charge in [0.25, 0.3) is 5.91 Å². The van der Waals surface area contributed by atoms with Crippen molar-refractivity contribution in [1.82, 2.24) is 15.6 Å². The Morgan fingerprint density at radius 2 is 2.26 bits per heavy atom. The number of fused-ring (bicyclic) bond motifs is 1. The molecular weight excluding hydrogens is 292 g/mol. The van der Waals surface area contributed by atoms with Gasteiger partial charge in [-0.3, -0.25) is 9.89 Å². The van der Waals surface area contributed by atoms with Gasteiger partial charge < -0.3 is 4.74 Å². The van der Waals surface area contributed by atoms with Crippen LogP contribution in [0.2, 0.25) is 0 Å². The maximum absolute atomic E-state index is 12.0. The van der Waals surface area contributed by atoms with Gasteiger partial charge in [0.2, 0.25) is 0 Å². The normalized spacial score (nSPS) is 13.6. The van der Waals surface area contributed by atoms with Crippen LogP contribution in [0.4, 0.5) is 0 Å². The highest BCUT2D eigenvalue weighted by molar-refractivity contribution is 5.94. The molecule has 6 nitrogen and oxygen atoms in total. The van der Waals surface area contributed by atoms with Gasteiger partial charge in [0.1, 0.15) is 5.75 Å². The number of carbonyl (C=O) groups excluding carboxylic acids is 1.